The first-order valence-electron chi connectivity index (χ1n) is 5.59. The van der Waals surface area contributed by atoms with Gasteiger partial charge in [-0.1, -0.05) is 16.8 Å². The van der Waals surface area contributed by atoms with Crippen LogP contribution in [0.25, 0.3) is 11.4 Å². The van der Waals surface area contributed by atoms with Gasteiger partial charge in [0.05, 0.1) is 5.02 Å². The predicted octanol–water partition coefficient (Wildman–Crippen LogP) is 2.84. The molecule has 6 heteroatoms. The van der Waals surface area contributed by atoms with Crippen molar-refractivity contribution in [1.82, 2.24) is 10.1 Å². The first kappa shape index (κ1) is 13.0. The van der Waals surface area contributed by atoms with Crippen LogP contribution in [0, 0.1) is 5.82 Å². The molecular weight excluding hydrogens is 259 g/mol. The molecule has 18 heavy (non-hydrogen) atoms. The highest BCUT2D eigenvalue weighted by molar-refractivity contribution is 6.33. The van der Waals surface area contributed by atoms with Gasteiger partial charge in [-0.3, -0.25) is 0 Å². The van der Waals surface area contributed by atoms with Gasteiger partial charge < -0.3 is 9.63 Å². The number of aryl methyl sites for hydroxylation is 1. The molecule has 2 aromatic rings. The number of hydrogen-bond acceptors (Lipinski definition) is 4. The Morgan fingerprint density at radius 1 is 1.33 bits per heavy atom. The molecule has 0 spiro atoms. The third kappa shape index (κ3) is 3.05. The fraction of sp³-hybridized carbons (Fsp3) is 0.333. The molecule has 0 saturated carbocycles. The normalized spacial score (nSPS) is 10.8. The molecule has 1 heterocycles. The number of halogens is 2. The minimum Gasteiger partial charge on any atom is -0.396 e. The number of unbranched alkanes of at least 4 members (excludes halogenated alkanes) is 1. The largest absolute Gasteiger partial charge is 0.396 e. The van der Waals surface area contributed by atoms with Crippen LogP contribution < -0.4 is 0 Å². The Morgan fingerprint density at radius 2 is 2.17 bits per heavy atom. The molecule has 0 fully saturated rings. The van der Waals surface area contributed by atoms with Gasteiger partial charge in [-0.05, 0) is 31.0 Å². The van der Waals surface area contributed by atoms with E-state index in [1.165, 1.54) is 18.2 Å². The van der Waals surface area contributed by atoms with Crippen molar-refractivity contribution in [3.63, 3.8) is 0 Å². The molecule has 0 amide bonds. The Labute approximate surface area is 108 Å². The van der Waals surface area contributed by atoms with Gasteiger partial charge in [0.15, 0.2) is 0 Å². The average molecular weight is 271 g/mol. The number of nitrogens with zero attached hydrogens (tertiary/aromatic N) is 2. The molecule has 1 N–H and O–H groups in total. The van der Waals surface area contributed by atoms with Crippen molar-refractivity contribution in [2.45, 2.75) is 19.3 Å². The SMILES string of the molecule is OCCCCc1nc(-c2ccc(F)cc2Cl)no1. The third-order valence-electron chi connectivity index (χ3n) is 2.44. The molecule has 2 rings (SSSR count). The van der Waals surface area contributed by atoms with Crippen LogP contribution in [-0.4, -0.2) is 21.9 Å². The highest BCUT2D eigenvalue weighted by Crippen LogP contribution is 2.26. The van der Waals surface area contributed by atoms with Crippen LogP contribution in [-0.2, 0) is 6.42 Å². The Balaban J connectivity index is 2.13. The van der Waals surface area contributed by atoms with E-state index in [1.807, 2.05) is 0 Å². The molecule has 0 aliphatic carbocycles. The van der Waals surface area contributed by atoms with E-state index in [0.29, 0.717) is 30.1 Å². The van der Waals surface area contributed by atoms with Crippen LogP contribution in [0.3, 0.4) is 0 Å². The van der Waals surface area contributed by atoms with Crippen LogP contribution in [0.4, 0.5) is 4.39 Å². The second kappa shape index (κ2) is 5.93. The number of aliphatic hydroxyl groups excluding tert-OH is 1. The van der Waals surface area contributed by atoms with E-state index in [9.17, 15) is 4.39 Å². The zero-order valence-corrected chi connectivity index (χ0v) is 10.3. The third-order valence-corrected chi connectivity index (χ3v) is 2.75. The second-order valence-corrected chi connectivity index (χ2v) is 4.22. The molecule has 1 aromatic carbocycles. The van der Waals surface area contributed by atoms with Crippen molar-refractivity contribution in [2.75, 3.05) is 6.61 Å². The Hall–Kier alpha value is -1.46. The van der Waals surface area contributed by atoms with Gasteiger partial charge in [0, 0.05) is 18.6 Å². The first-order valence-corrected chi connectivity index (χ1v) is 5.97. The molecule has 0 aliphatic heterocycles. The van der Waals surface area contributed by atoms with Crippen molar-refractivity contribution < 1.29 is 14.0 Å². The highest BCUT2D eigenvalue weighted by Gasteiger charge is 2.12. The minimum atomic E-state index is -0.407. The maximum Gasteiger partial charge on any atom is 0.226 e. The molecule has 1 aromatic heterocycles. The smallest absolute Gasteiger partial charge is 0.226 e. The summed E-state index contributed by atoms with van der Waals surface area (Å²) in [5, 5.41) is 12.7. The van der Waals surface area contributed by atoms with Gasteiger partial charge in [-0.25, -0.2) is 4.39 Å². The fourth-order valence-electron chi connectivity index (χ4n) is 1.52. The minimum absolute atomic E-state index is 0.144. The predicted molar refractivity (Wildman–Crippen MR) is 64.7 cm³/mol. The molecular formula is C12H12ClFN2O2. The standard InChI is InChI=1S/C12H12ClFN2O2/c13-10-7-8(14)4-5-9(10)12-15-11(18-16-12)3-1-2-6-17/h4-5,7,17H,1-3,6H2. The van der Waals surface area contributed by atoms with Crippen molar-refractivity contribution in [2.24, 2.45) is 0 Å². The van der Waals surface area contributed by atoms with Gasteiger partial charge in [0.1, 0.15) is 5.82 Å². The highest BCUT2D eigenvalue weighted by atomic mass is 35.5. The van der Waals surface area contributed by atoms with E-state index < -0.39 is 5.82 Å². The lowest BCUT2D eigenvalue weighted by Crippen LogP contribution is -1.89. The van der Waals surface area contributed by atoms with Crippen LogP contribution >= 0.6 is 11.6 Å². The molecule has 0 bridgehead atoms. The van der Waals surface area contributed by atoms with Gasteiger partial charge in [-0.15, -0.1) is 0 Å². The van der Waals surface area contributed by atoms with E-state index in [0.717, 1.165) is 6.42 Å². The van der Waals surface area contributed by atoms with Crippen LogP contribution in [0.5, 0.6) is 0 Å². The molecule has 0 unspecified atom stereocenters. The topological polar surface area (TPSA) is 59.2 Å². The number of aromatic nitrogens is 2. The summed E-state index contributed by atoms with van der Waals surface area (Å²) in [6.45, 7) is 0.144. The van der Waals surface area contributed by atoms with E-state index in [-0.39, 0.29) is 11.6 Å². The van der Waals surface area contributed by atoms with Gasteiger partial charge >= 0.3 is 0 Å². The van der Waals surface area contributed by atoms with E-state index in [4.69, 9.17) is 21.2 Å². The van der Waals surface area contributed by atoms with Crippen LogP contribution in [0.1, 0.15) is 18.7 Å². The first-order chi connectivity index (χ1) is 8.70. The van der Waals surface area contributed by atoms with Crippen molar-refractivity contribution in [3.05, 3.63) is 34.9 Å². The summed E-state index contributed by atoms with van der Waals surface area (Å²) in [4.78, 5) is 4.18. The molecule has 0 saturated heterocycles. The fourth-order valence-corrected chi connectivity index (χ4v) is 1.78. The second-order valence-electron chi connectivity index (χ2n) is 3.82. The lowest BCUT2D eigenvalue weighted by molar-refractivity contribution is 0.281. The lowest BCUT2D eigenvalue weighted by Gasteiger charge is -1.97. The molecule has 0 radical (unpaired) electrons. The summed E-state index contributed by atoms with van der Waals surface area (Å²) in [5.41, 5.74) is 0.537. The monoisotopic (exact) mass is 270 g/mol. The number of hydrogen-bond donors (Lipinski definition) is 1. The Kier molecular flexibility index (Phi) is 4.28. The van der Waals surface area contributed by atoms with Crippen LogP contribution in [0.2, 0.25) is 5.02 Å². The summed E-state index contributed by atoms with van der Waals surface area (Å²) in [6, 6.07) is 4.02. The summed E-state index contributed by atoms with van der Waals surface area (Å²) >= 11 is 5.91. The zero-order valence-electron chi connectivity index (χ0n) is 9.57. The van der Waals surface area contributed by atoms with E-state index in [1.54, 1.807) is 0 Å². The van der Waals surface area contributed by atoms with Crippen molar-refractivity contribution >= 4 is 11.6 Å². The Bertz CT molecular complexity index is 531. The Morgan fingerprint density at radius 3 is 2.89 bits per heavy atom. The van der Waals surface area contributed by atoms with E-state index >= 15 is 0 Å². The van der Waals surface area contributed by atoms with Crippen LogP contribution in [0.15, 0.2) is 22.7 Å². The quantitative estimate of drug-likeness (QED) is 0.849. The summed E-state index contributed by atoms with van der Waals surface area (Å²) in [7, 11) is 0. The van der Waals surface area contributed by atoms with E-state index in [2.05, 4.69) is 10.1 Å². The molecule has 0 atom stereocenters. The van der Waals surface area contributed by atoms with Gasteiger partial charge in [-0.2, -0.15) is 4.98 Å². The molecule has 0 aliphatic rings. The maximum absolute atomic E-state index is 12.9. The average Bonchev–Trinajstić information content (AvgIpc) is 2.78. The lowest BCUT2D eigenvalue weighted by atomic mass is 10.2. The van der Waals surface area contributed by atoms with Gasteiger partial charge in [0.25, 0.3) is 0 Å². The summed E-state index contributed by atoms with van der Waals surface area (Å²) in [5.74, 6) is 0.424. The summed E-state index contributed by atoms with van der Waals surface area (Å²) < 4.78 is 18.0. The zero-order chi connectivity index (χ0) is 13.0. The number of rotatable bonds is 5. The van der Waals surface area contributed by atoms with Crippen molar-refractivity contribution in [1.29, 1.82) is 0 Å². The summed E-state index contributed by atoms with van der Waals surface area (Å²) in [6.07, 6.45) is 2.07. The van der Waals surface area contributed by atoms with Gasteiger partial charge in [0.2, 0.25) is 11.7 Å². The number of benzene rings is 1. The molecule has 4 nitrogen and oxygen atoms in total. The number of aliphatic hydroxyl groups is 1. The molecule has 96 valence electrons. The maximum atomic E-state index is 12.9. The van der Waals surface area contributed by atoms with Crippen molar-refractivity contribution in [3.8, 4) is 11.4 Å².